The van der Waals surface area contributed by atoms with Gasteiger partial charge in [0, 0.05) is 37.0 Å². The van der Waals surface area contributed by atoms with Gasteiger partial charge in [-0.3, -0.25) is 9.59 Å². The number of ether oxygens (including phenoxy) is 1. The van der Waals surface area contributed by atoms with Gasteiger partial charge in [-0.05, 0) is 67.7 Å². The maximum absolute atomic E-state index is 12.4. The lowest BCUT2D eigenvalue weighted by molar-refractivity contribution is -0.132. The molecule has 1 fully saturated rings. The van der Waals surface area contributed by atoms with Crippen molar-refractivity contribution >= 4 is 23.2 Å². The molecule has 1 aromatic carbocycles. The maximum Gasteiger partial charge on any atom is 0.252 e. The van der Waals surface area contributed by atoms with Crippen LogP contribution in [0.15, 0.2) is 41.1 Å². The van der Waals surface area contributed by atoms with Crippen molar-refractivity contribution in [3.63, 3.8) is 0 Å². The summed E-state index contributed by atoms with van der Waals surface area (Å²) < 4.78 is 5.49. The van der Waals surface area contributed by atoms with Crippen LogP contribution >= 0.6 is 11.3 Å². The number of amides is 2. The van der Waals surface area contributed by atoms with Crippen LogP contribution in [0, 0.1) is 5.92 Å². The highest BCUT2D eigenvalue weighted by Gasteiger charge is 2.22. The van der Waals surface area contributed by atoms with Crippen LogP contribution in [0.4, 0.5) is 0 Å². The molecule has 0 spiro atoms. The molecule has 1 aromatic heterocycles. The van der Waals surface area contributed by atoms with E-state index in [1.807, 2.05) is 34.7 Å². The first-order valence-electron chi connectivity index (χ1n) is 10.5. The summed E-state index contributed by atoms with van der Waals surface area (Å²) in [6, 6.07) is 10.2. The molecule has 1 saturated heterocycles. The van der Waals surface area contributed by atoms with Crippen molar-refractivity contribution in [2.45, 2.75) is 39.0 Å². The number of nitrogens with zero attached hydrogens (tertiary/aromatic N) is 1. The number of likely N-dealkylation sites (tertiary alicyclic amines) is 1. The fourth-order valence-electron chi connectivity index (χ4n) is 3.70. The molecule has 0 aliphatic carbocycles. The second kappa shape index (κ2) is 11.0. The first-order valence-corrected chi connectivity index (χ1v) is 11.4. The van der Waals surface area contributed by atoms with E-state index in [2.05, 4.69) is 17.4 Å². The van der Waals surface area contributed by atoms with Crippen LogP contribution in [0.25, 0.3) is 0 Å². The molecule has 1 N–H and O–H groups in total. The maximum atomic E-state index is 12.4. The third-order valence-corrected chi connectivity index (χ3v) is 6.13. The minimum atomic E-state index is -0.105. The number of hydrogen-bond acceptors (Lipinski definition) is 4. The molecule has 3 rings (SSSR count). The Hall–Kier alpha value is -2.34. The van der Waals surface area contributed by atoms with Crippen molar-refractivity contribution < 1.29 is 14.3 Å². The fraction of sp³-hybridized carbons (Fsp3) is 0.478. The predicted molar refractivity (Wildman–Crippen MR) is 117 cm³/mol. The van der Waals surface area contributed by atoms with Crippen LogP contribution in [-0.2, 0) is 11.2 Å². The molecular formula is C23H30N2O3S. The number of piperidine rings is 1. The molecule has 0 radical (unpaired) electrons. The largest absolute Gasteiger partial charge is 0.494 e. The highest BCUT2D eigenvalue weighted by Crippen LogP contribution is 2.23. The normalized spacial score (nSPS) is 14.6. The Morgan fingerprint density at radius 2 is 1.93 bits per heavy atom. The van der Waals surface area contributed by atoms with Gasteiger partial charge in [0.1, 0.15) is 5.75 Å². The molecule has 1 aliphatic heterocycles. The van der Waals surface area contributed by atoms with Crippen LogP contribution in [0.3, 0.4) is 0 Å². The SMILES string of the molecule is CCOc1ccc(CCC2CCN(C(=O)CCNC(=O)c3ccsc3)CC2)cc1. The zero-order chi connectivity index (χ0) is 20.5. The number of carbonyl (C=O) groups is 2. The summed E-state index contributed by atoms with van der Waals surface area (Å²) in [7, 11) is 0. The van der Waals surface area contributed by atoms with E-state index in [-0.39, 0.29) is 11.8 Å². The molecule has 2 heterocycles. The molecule has 0 unspecified atom stereocenters. The zero-order valence-electron chi connectivity index (χ0n) is 17.1. The lowest BCUT2D eigenvalue weighted by Crippen LogP contribution is -2.40. The lowest BCUT2D eigenvalue weighted by Gasteiger charge is -2.32. The van der Waals surface area contributed by atoms with Crippen LogP contribution < -0.4 is 10.1 Å². The molecule has 1 aliphatic rings. The monoisotopic (exact) mass is 414 g/mol. The van der Waals surface area contributed by atoms with Gasteiger partial charge in [0.05, 0.1) is 6.61 Å². The minimum absolute atomic E-state index is 0.105. The van der Waals surface area contributed by atoms with E-state index in [0.717, 1.165) is 44.5 Å². The second-order valence-electron chi connectivity index (χ2n) is 7.46. The van der Waals surface area contributed by atoms with Gasteiger partial charge in [0.25, 0.3) is 5.91 Å². The Bertz CT molecular complexity index is 766. The number of thiophene rings is 1. The molecule has 0 atom stereocenters. The first-order chi connectivity index (χ1) is 14.2. The number of carbonyl (C=O) groups excluding carboxylic acids is 2. The summed E-state index contributed by atoms with van der Waals surface area (Å²) in [6.45, 7) is 4.73. The van der Waals surface area contributed by atoms with E-state index >= 15 is 0 Å². The van der Waals surface area contributed by atoms with E-state index in [9.17, 15) is 9.59 Å². The van der Waals surface area contributed by atoms with Gasteiger partial charge in [0.15, 0.2) is 0 Å². The number of hydrogen-bond donors (Lipinski definition) is 1. The Morgan fingerprint density at radius 3 is 2.59 bits per heavy atom. The van der Waals surface area contributed by atoms with E-state index in [1.165, 1.54) is 16.9 Å². The quantitative estimate of drug-likeness (QED) is 0.671. The Balaban J connectivity index is 1.32. The summed E-state index contributed by atoms with van der Waals surface area (Å²) >= 11 is 1.49. The summed E-state index contributed by atoms with van der Waals surface area (Å²) in [4.78, 5) is 26.3. The van der Waals surface area contributed by atoms with Crippen molar-refractivity contribution in [3.8, 4) is 5.75 Å². The minimum Gasteiger partial charge on any atom is -0.494 e. The topological polar surface area (TPSA) is 58.6 Å². The Morgan fingerprint density at radius 1 is 1.17 bits per heavy atom. The highest BCUT2D eigenvalue weighted by molar-refractivity contribution is 7.08. The van der Waals surface area contributed by atoms with Crippen molar-refractivity contribution in [3.05, 3.63) is 52.2 Å². The first kappa shape index (κ1) is 21.4. The highest BCUT2D eigenvalue weighted by atomic mass is 32.1. The van der Waals surface area contributed by atoms with Crippen LogP contribution in [-0.4, -0.2) is 43.0 Å². The molecule has 0 saturated carbocycles. The number of aryl methyl sites for hydroxylation is 1. The van der Waals surface area contributed by atoms with Gasteiger partial charge < -0.3 is 15.0 Å². The zero-order valence-corrected chi connectivity index (χ0v) is 17.9. The van der Waals surface area contributed by atoms with Crippen LogP contribution in [0.1, 0.15) is 48.5 Å². The third kappa shape index (κ3) is 6.60. The second-order valence-corrected chi connectivity index (χ2v) is 8.24. The number of rotatable bonds is 9. The van der Waals surface area contributed by atoms with Gasteiger partial charge in [0.2, 0.25) is 5.91 Å². The van der Waals surface area contributed by atoms with E-state index in [1.54, 1.807) is 6.07 Å². The summed E-state index contributed by atoms with van der Waals surface area (Å²) in [5.74, 6) is 1.63. The lowest BCUT2D eigenvalue weighted by atomic mass is 9.90. The Kier molecular flexibility index (Phi) is 8.11. The molecular weight excluding hydrogens is 384 g/mol. The molecule has 2 amide bonds. The predicted octanol–water partition coefficient (Wildman–Crippen LogP) is 4.14. The van der Waals surface area contributed by atoms with E-state index in [4.69, 9.17) is 4.74 Å². The van der Waals surface area contributed by atoms with E-state index in [0.29, 0.717) is 31.1 Å². The number of benzene rings is 1. The number of nitrogens with one attached hydrogen (secondary N) is 1. The van der Waals surface area contributed by atoms with E-state index < -0.39 is 0 Å². The molecule has 5 nitrogen and oxygen atoms in total. The molecule has 0 bridgehead atoms. The third-order valence-electron chi connectivity index (χ3n) is 5.45. The standard InChI is InChI=1S/C23H30N2O3S/c1-2-28-21-7-5-18(6-8-21)3-4-19-10-14-25(15-11-19)22(26)9-13-24-23(27)20-12-16-29-17-20/h5-8,12,16-17,19H,2-4,9-11,13-15H2,1H3,(H,24,27). The molecule has 29 heavy (non-hydrogen) atoms. The van der Waals surface area contributed by atoms with Gasteiger partial charge in [-0.2, -0.15) is 11.3 Å². The Labute approximate surface area is 177 Å². The van der Waals surface area contributed by atoms with Gasteiger partial charge >= 0.3 is 0 Å². The van der Waals surface area contributed by atoms with Crippen molar-refractivity contribution in [1.82, 2.24) is 10.2 Å². The summed E-state index contributed by atoms with van der Waals surface area (Å²) in [6.07, 6.45) is 4.72. The smallest absolute Gasteiger partial charge is 0.252 e. The fourth-order valence-corrected chi connectivity index (χ4v) is 4.33. The van der Waals surface area contributed by atoms with Crippen molar-refractivity contribution in [1.29, 1.82) is 0 Å². The van der Waals surface area contributed by atoms with Crippen molar-refractivity contribution in [2.75, 3.05) is 26.2 Å². The molecule has 156 valence electrons. The molecule has 2 aromatic rings. The van der Waals surface area contributed by atoms with Gasteiger partial charge in [-0.1, -0.05) is 12.1 Å². The average Bonchev–Trinajstić information content (AvgIpc) is 3.29. The van der Waals surface area contributed by atoms with Crippen LogP contribution in [0.2, 0.25) is 0 Å². The molecule has 6 heteroatoms. The van der Waals surface area contributed by atoms with Crippen molar-refractivity contribution in [2.24, 2.45) is 5.92 Å². The summed E-state index contributed by atoms with van der Waals surface area (Å²) in [5.41, 5.74) is 2.00. The average molecular weight is 415 g/mol. The van der Waals surface area contributed by atoms with Crippen LogP contribution in [0.5, 0.6) is 5.75 Å². The summed E-state index contributed by atoms with van der Waals surface area (Å²) in [5, 5.41) is 6.52. The van der Waals surface area contributed by atoms with Gasteiger partial charge in [-0.25, -0.2) is 0 Å². The van der Waals surface area contributed by atoms with Gasteiger partial charge in [-0.15, -0.1) is 0 Å².